The third kappa shape index (κ3) is 2.98. The molecule has 0 saturated carbocycles. The molecule has 3 nitrogen and oxygen atoms in total. The van der Waals surface area contributed by atoms with E-state index in [4.69, 9.17) is 0 Å². The van der Waals surface area contributed by atoms with Gasteiger partial charge < -0.3 is 0 Å². The normalized spacial score (nSPS) is 15.4. The Morgan fingerprint density at radius 3 is 2.48 bits per heavy atom. The van der Waals surface area contributed by atoms with Gasteiger partial charge in [-0.15, -0.1) is 0 Å². The van der Waals surface area contributed by atoms with E-state index < -0.39 is 0 Å². The van der Waals surface area contributed by atoms with Crippen LogP contribution in [0.5, 0.6) is 0 Å². The first kappa shape index (κ1) is 13.8. The molecule has 1 atom stereocenters. The molecule has 3 rings (SSSR count). The monoisotopic (exact) mass is 339 g/mol. The molecule has 0 N–H and O–H groups in total. The molecule has 1 heterocycles. The van der Waals surface area contributed by atoms with E-state index >= 15 is 0 Å². The Morgan fingerprint density at radius 2 is 1.81 bits per heavy atom. The third-order valence-corrected chi connectivity index (χ3v) is 4.07. The van der Waals surface area contributed by atoms with Crippen molar-refractivity contribution in [2.24, 2.45) is 5.10 Å². The lowest BCUT2D eigenvalue weighted by Gasteiger charge is -2.20. The van der Waals surface area contributed by atoms with Crippen molar-refractivity contribution >= 4 is 21.6 Å². The number of halogens is 1. The highest BCUT2D eigenvalue weighted by molar-refractivity contribution is 9.10. The summed E-state index contributed by atoms with van der Waals surface area (Å²) in [5.41, 5.74) is 3.15. The molecule has 1 aliphatic rings. The third-order valence-electron chi connectivity index (χ3n) is 3.54. The van der Waals surface area contributed by atoms with Crippen LogP contribution in [0.4, 0.5) is 0 Å². The van der Waals surface area contributed by atoms with E-state index in [2.05, 4.69) is 39.2 Å². The Bertz CT molecular complexity index is 686. The maximum Gasteiger partial charge on any atom is 0.158 e. The molecule has 21 heavy (non-hydrogen) atoms. The minimum absolute atomic E-state index is 0.334. The molecule has 0 saturated heterocycles. The zero-order valence-corrected chi connectivity index (χ0v) is 13.0. The molecule has 0 fully saturated rings. The SMILES string of the molecule is N#C[C@H](c1ccc(Br)cc1)N1CCC(c2ccccc2)=N1. The second kappa shape index (κ2) is 6.11. The molecular weight excluding hydrogens is 326 g/mol. The van der Waals surface area contributed by atoms with Crippen LogP contribution in [-0.4, -0.2) is 17.3 Å². The second-order valence-corrected chi connectivity index (χ2v) is 5.82. The molecule has 0 bridgehead atoms. The molecule has 2 aromatic rings. The molecule has 104 valence electrons. The van der Waals surface area contributed by atoms with E-state index in [1.807, 2.05) is 47.5 Å². The van der Waals surface area contributed by atoms with Gasteiger partial charge in [-0.05, 0) is 23.3 Å². The van der Waals surface area contributed by atoms with Crippen LogP contribution in [0.15, 0.2) is 64.2 Å². The van der Waals surface area contributed by atoms with Gasteiger partial charge >= 0.3 is 0 Å². The topological polar surface area (TPSA) is 39.4 Å². The van der Waals surface area contributed by atoms with Crippen LogP contribution in [-0.2, 0) is 0 Å². The van der Waals surface area contributed by atoms with Crippen molar-refractivity contribution in [1.82, 2.24) is 5.01 Å². The van der Waals surface area contributed by atoms with Crippen molar-refractivity contribution in [3.8, 4) is 6.07 Å². The highest BCUT2D eigenvalue weighted by Gasteiger charge is 2.24. The molecule has 1 aliphatic heterocycles. The Hall–Kier alpha value is -2.12. The summed E-state index contributed by atoms with van der Waals surface area (Å²) in [6.07, 6.45) is 0.874. The number of nitriles is 1. The van der Waals surface area contributed by atoms with Crippen molar-refractivity contribution in [3.63, 3.8) is 0 Å². The molecular formula is C17H14BrN3. The molecule has 0 aliphatic carbocycles. The minimum atomic E-state index is -0.334. The average Bonchev–Trinajstić information content (AvgIpc) is 3.00. The van der Waals surface area contributed by atoms with Gasteiger partial charge in [-0.3, -0.25) is 5.01 Å². The number of benzene rings is 2. The summed E-state index contributed by atoms with van der Waals surface area (Å²) >= 11 is 3.42. The average molecular weight is 340 g/mol. The van der Waals surface area contributed by atoms with Crippen molar-refractivity contribution in [2.75, 3.05) is 6.54 Å². The molecule has 0 unspecified atom stereocenters. The van der Waals surface area contributed by atoms with Crippen LogP contribution in [0, 0.1) is 11.3 Å². The van der Waals surface area contributed by atoms with Crippen LogP contribution < -0.4 is 0 Å². The quantitative estimate of drug-likeness (QED) is 0.843. The van der Waals surface area contributed by atoms with Crippen molar-refractivity contribution in [1.29, 1.82) is 5.26 Å². The number of hydrogen-bond acceptors (Lipinski definition) is 3. The van der Waals surface area contributed by atoms with E-state index in [-0.39, 0.29) is 6.04 Å². The first-order valence-electron chi connectivity index (χ1n) is 6.82. The summed E-state index contributed by atoms with van der Waals surface area (Å²) in [5.74, 6) is 0. The van der Waals surface area contributed by atoms with Gasteiger partial charge in [-0.1, -0.05) is 58.4 Å². The zero-order chi connectivity index (χ0) is 14.7. The van der Waals surface area contributed by atoms with Crippen molar-refractivity contribution in [3.05, 3.63) is 70.2 Å². The Morgan fingerprint density at radius 1 is 1.10 bits per heavy atom. The highest BCUT2D eigenvalue weighted by Crippen LogP contribution is 2.26. The minimum Gasteiger partial charge on any atom is -0.275 e. The lowest BCUT2D eigenvalue weighted by atomic mass is 10.1. The van der Waals surface area contributed by atoms with E-state index in [9.17, 15) is 5.26 Å². The van der Waals surface area contributed by atoms with Crippen molar-refractivity contribution in [2.45, 2.75) is 12.5 Å². The van der Waals surface area contributed by atoms with Gasteiger partial charge in [0.1, 0.15) is 0 Å². The standard InChI is InChI=1S/C17H14BrN3/c18-15-8-6-14(7-9-15)17(12-19)21-11-10-16(20-21)13-4-2-1-3-5-13/h1-9,17H,10-11H2/t17-/m1/s1. The first-order valence-corrected chi connectivity index (χ1v) is 7.62. The van der Waals surface area contributed by atoms with Gasteiger partial charge in [-0.25, -0.2) is 0 Å². The Balaban J connectivity index is 1.85. The van der Waals surface area contributed by atoms with Crippen LogP contribution in [0.1, 0.15) is 23.6 Å². The summed E-state index contributed by atoms with van der Waals surface area (Å²) in [6.45, 7) is 0.776. The second-order valence-electron chi connectivity index (χ2n) is 4.91. The molecule has 0 aromatic heterocycles. The zero-order valence-electron chi connectivity index (χ0n) is 11.4. The maximum atomic E-state index is 9.49. The summed E-state index contributed by atoms with van der Waals surface area (Å²) < 4.78 is 1.01. The molecule has 0 spiro atoms. The largest absolute Gasteiger partial charge is 0.275 e. The number of rotatable bonds is 3. The predicted molar refractivity (Wildman–Crippen MR) is 86.8 cm³/mol. The van der Waals surface area contributed by atoms with Gasteiger partial charge in [0, 0.05) is 17.4 Å². The van der Waals surface area contributed by atoms with Crippen LogP contribution in [0.3, 0.4) is 0 Å². The Kier molecular flexibility index (Phi) is 4.03. The summed E-state index contributed by atoms with van der Waals surface area (Å²) in [6, 6.07) is 20.0. The predicted octanol–water partition coefficient (Wildman–Crippen LogP) is 4.12. The highest BCUT2D eigenvalue weighted by atomic mass is 79.9. The van der Waals surface area contributed by atoms with Gasteiger partial charge in [0.05, 0.1) is 11.8 Å². The van der Waals surface area contributed by atoms with Gasteiger partial charge in [0.2, 0.25) is 0 Å². The summed E-state index contributed by atoms with van der Waals surface area (Å²) in [5, 5.41) is 16.0. The van der Waals surface area contributed by atoms with E-state index in [1.165, 1.54) is 0 Å². The maximum absolute atomic E-state index is 9.49. The lowest BCUT2D eigenvalue weighted by molar-refractivity contribution is 0.275. The van der Waals surface area contributed by atoms with Crippen LogP contribution in [0.2, 0.25) is 0 Å². The number of hydrogen-bond donors (Lipinski definition) is 0. The number of hydrazone groups is 1. The lowest BCUT2D eigenvalue weighted by Crippen LogP contribution is -2.20. The molecule has 2 aromatic carbocycles. The number of nitrogens with zero attached hydrogens (tertiary/aromatic N) is 3. The first-order chi connectivity index (χ1) is 10.3. The molecule has 4 heteroatoms. The fourth-order valence-electron chi connectivity index (χ4n) is 2.45. The van der Waals surface area contributed by atoms with Gasteiger partial charge in [0.25, 0.3) is 0 Å². The van der Waals surface area contributed by atoms with E-state index in [0.717, 1.165) is 34.3 Å². The Labute approximate surface area is 132 Å². The van der Waals surface area contributed by atoms with Crippen LogP contribution >= 0.6 is 15.9 Å². The smallest absolute Gasteiger partial charge is 0.158 e. The van der Waals surface area contributed by atoms with Crippen molar-refractivity contribution < 1.29 is 0 Å². The van der Waals surface area contributed by atoms with E-state index in [0.29, 0.717) is 0 Å². The fourth-order valence-corrected chi connectivity index (χ4v) is 2.72. The summed E-state index contributed by atoms with van der Waals surface area (Å²) in [4.78, 5) is 0. The van der Waals surface area contributed by atoms with E-state index in [1.54, 1.807) is 0 Å². The van der Waals surface area contributed by atoms with Gasteiger partial charge in [0.15, 0.2) is 6.04 Å². The summed E-state index contributed by atoms with van der Waals surface area (Å²) in [7, 11) is 0. The molecule has 0 amide bonds. The molecule has 0 radical (unpaired) electrons. The van der Waals surface area contributed by atoms with Crippen LogP contribution in [0.25, 0.3) is 0 Å². The fraction of sp³-hybridized carbons (Fsp3) is 0.176. The van der Waals surface area contributed by atoms with Gasteiger partial charge in [-0.2, -0.15) is 10.4 Å².